The maximum Gasteiger partial charge on any atom is 0.124 e. The number of hydrogen-bond donors (Lipinski definition) is 1. The lowest BCUT2D eigenvalue weighted by atomic mass is 10.1. The molecular formula is C15H21ClN2O. The van der Waals surface area contributed by atoms with E-state index in [2.05, 4.69) is 25.2 Å². The second-order valence-electron chi connectivity index (χ2n) is 4.47. The van der Waals surface area contributed by atoms with Crippen molar-refractivity contribution in [2.45, 2.75) is 39.2 Å². The molecule has 0 aliphatic carbocycles. The van der Waals surface area contributed by atoms with E-state index < -0.39 is 0 Å². The van der Waals surface area contributed by atoms with Crippen molar-refractivity contribution < 1.29 is 4.74 Å². The predicted molar refractivity (Wildman–Crippen MR) is 78.5 cm³/mol. The Balaban J connectivity index is 2.71. The summed E-state index contributed by atoms with van der Waals surface area (Å²) in [5, 5.41) is 12.6. The largest absolute Gasteiger partial charge is 0.493 e. The summed E-state index contributed by atoms with van der Waals surface area (Å²) in [6.07, 6.45) is 2.35. The van der Waals surface area contributed by atoms with Crippen LogP contribution in [-0.2, 0) is 0 Å². The molecule has 0 heterocycles. The molecule has 1 rings (SSSR count). The zero-order valence-corrected chi connectivity index (χ0v) is 12.3. The summed E-state index contributed by atoms with van der Waals surface area (Å²) in [5.74, 6) is 0.846. The standard InChI is InChI=1S/C15H21ClN2O/c1-3-9-18-12(2)14-11-13(16)6-7-15(14)19-10-5-4-8-17/h6-7,11-12,18H,3-5,9-10H2,1-2H3. The van der Waals surface area contributed by atoms with Crippen molar-refractivity contribution in [3.05, 3.63) is 28.8 Å². The fourth-order valence-electron chi connectivity index (χ4n) is 1.79. The molecule has 0 saturated heterocycles. The number of benzene rings is 1. The van der Waals surface area contributed by atoms with Gasteiger partial charge in [0.2, 0.25) is 0 Å². The molecule has 0 amide bonds. The van der Waals surface area contributed by atoms with E-state index in [9.17, 15) is 0 Å². The number of ether oxygens (including phenoxy) is 1. The highest BCUT2D eigenvalue weighted by Gasteiger charge is 2.11. The molecule has 3 nitrogen and oxygen atoms in total. The van der Waals surface area contributed by atoms with Gasteiger partial charge in [-0.15, -0.1) is 0 Å². The van der Waals surface area contributed by atoms with Gasteiger partial charge in [0.1, 0.15) is 5.75 Å². The van der Waals surface area contributed by atoms with Gasteiger partial charge in [-0.1, -0.05) is 18.5 Å². The van der Waals surface area contributed by atoms with E-state index in [1.165, 1.54) is 0 Å². The average Bonchev–Trinajstić information content (AvgIpc) is 2.42. The van der Waals surface area contributed by atoms with Gasteiger partial charge in [0.05, 0.1) is 12.7 Å². The number of unbranched alkanes of at least 4 members (excludes halogenated alkanes) is 1. The van der Waals surface area contributed by atoms with Crippen LogP contribution in [0.15, 0.2) is 18.2 Å². The zero-order valence-electron chi connectivity index (χ0n) is 11.6. The highest BCUT2D eigenvalue weighted by molar-refractivity contribution is 6.30. The van der Waals surface area contributed by atoms with Crippen LogP contribution in [0.4, 0.5) is 0 Å². The third kappa shape index (κ3) is 5.50. The van der Waals surface area contributed by atoms with E-state index >= 15 is 0 Å². The van der Waals surface area contributed by atoms with Crippen LogP contribution in [-0.4, -0.2) is 13.2 Å². The molecule has 0 bridgehead atoms. The molecule has 0 aliphatic heterocycles. The third-order valence-corrected chi connectivity index (χ3v) is 3.06. The second-order valence-corrected chi connectivity index (χ2v) is 4.90. The lowest BCUT2D eigenvalue weighted by molar-refractivity contribution is 0.306. The van der Waals surface area contributed by atoms with Gasteiger partial charge in [0, 0.05) is 23.0 Å². The van der Waals surface area contributed by atoms with Crippen LogP contribution in [0.5, 0.6) is 5.75 Å². The molecule has 0 saturated carbocycles. The Morgan fingerprint density at radius 3 is 2.95 bits per heavy atom. The van der Waals surface area contributed by atoms with Crippen LogP contribution < -0.4 is 10.1 Å². The minimum Gasteiger partial charge on any atom is -0.493 e. The van der Waals surface area contributed by atoms with Crippen molar-refractivity contribution in [2.75, 3.05) is 13.2 Å². The Kier molecular flexibility index (Phi) is 7.32. The molecule has 1 aromatic carbocycles. The van der Waals surface area contributed by atoms with E-state index in [0.717, 1.165) is 30.7 Å². The van der Waals surface area contributed by atoms with Gasteiger partial charge in [-0.25, -0.2) is 0 Å². The van der Waals surface area contributed by atoms with Crippen molar-refractivity contribution in [3.63, 3.8) is 0 Å². The molecule has 19 heavy (non-hydrogen) atoms. The number of hydrogen-bond acceptors (Lipinski definition) is 3. The van der Waals surface area contributed by atoms with Crippen molar-refractivity contribution in [1.29, 1.82) is 5.26 Å². The van der Waals surface area contributed by atoms with Crippen molar-refractivity contribution >= 4 is 11.6 Å². The lowest BCUT2D eigenvalue weighted by Crippen LogP contribution is -2.20. The van der Waals surface area contributed by atoms with Gasteiger partial charge in [-0.2, -0.15) is 5.26 Å². The Hall–Kier alpha value is -1.24. The topological polar surface area (TPSA) is 45.0 Å². The third-order valence-electron chi connectivity index (χ3n) is 2.83. The SMILES string of the molecule is CCCNC(C)c1cc(Cl)ccc1OCCCC#N. The summed E-state index contributed by atoms with van der Waals surface area (Å²) < 4.78 is 5.75. The molecule has 0 spiro atoms. The van der Waals surface area contributed by atoms with Gasteiger partial charge < -0.3 is 10.1 Å². The Morgan fingerprint density at radius 1 is 1.47 bits per heavy atom. The zero-order chi connectivity index (χ0) is 14.1. The fraction of sp³-hybridized carbons (Fsp3) is 0.533. The number of nitrogens with one attached hydrogen (secondary N) is 1. The summed E-state index contributed by atoms with van der Waals surface area (Å²) in [6.45, 7) is 5.75. The number of nitrogens with zero attached hydrogens (tertiary/aromatic N) is 1. The molecule has 104 valence electrons. The summed E-state index contributed by atoms with van der Waals surface area (Å²) >= 11 is 6.05. The van der Waals surface area contributed by atoms with E-state index in [-0.39, 0.29) is 6.04 Å². The van der Waals surface area contributed by atoms with Gasteiger partial charge >= 0.3 is 0 Å². The van der Waals surface area contributed by atoms with E-state index in [4.69, 9.17) is 21.6 Å². The van der Waals surface area contributed by atoms with Crippen LogP contribution in [0, 0.1) is 11.3 Å². The van der Waals surface area contributed by atoms with Crippen molar-refractivity contribution in [1.82, 2.24) is 5.32 Å². The first-order valence-corrected chi connectivity index (χ1v) is 7.09. The molecule has 0 aromatic heterocycles. The lowest BCUT2D eigenvalue weighted by Gasteiger charge is -2.18. The quantitative estimate of drug-likeness (QED) is 0.730. The highest BCUT2D eigenvalue weighted by Crippen LogP contribution is 2.28. The summed E-state index contributed by atoms with van der Waals surface area (Å²) in [5.41, 5.74) is 1.07. The molecule has 1 N–H and O–H groups in total. The maximum absolute atomic E-state index is 8.51. The predicted octanol–water partition coefficient (Wildman–Crippen LogP) is 4.08. The van der Waals surface area contributed by atoms with Crippen LogP contribution >= 0.6 is 11.6 Å². The fourth-order valence-corrected chi connectivity index (χ4v) is 1.97. The van der Waals surface area contributed by atoms with Crippen molar-refractivity contribution in [3.8, 4) is 11.8 Å². The average molecular weight is 281 g/mol. The monoisotopic (exact) mass is 280 g/mol. The molecule has 0 radical (unpaired) electrons. The first-order chi connectivity index (χ1) is 9.19. The normalized spacial score (nSPS) is 11.9. The molecule has 1 unspecified atom stereocenters. The van der Waals surface area contributed by atoms with E-state index in [0.29, 0.717) is 18.1 Å². The molecule has 0 aliphatic rings. The molecule has 1 atom stereocenters. The van der Waals surface area contributed by atoms with Crippen molar-refractivity contribution in [2.24, 2.45) is 0 Å². The molecule has 4 heteroatoms. The summed E-state index contributed by atoms with van der Waals surface area (Å²) in [7, 11) is 0. The number of nitriles is 1. The number of halogens is 1. The first-order valence-electron chi connectivity index (χ1n) is 6.71. The molecular weight excluding hydrogens is 260 g/mol. The molecule has 0 fully saturated rings. The van der Waals surface area contributed by atoms with E-state index in [1.54, 1.807) is 0 Å². The summed E-state index contributed by atoms with van der Waals surface area (Å²) in [4.78, 5) is 0. The molecule has 1 aromatic rings. The van der Waals surface area contributed by atoms with Crippen LogP contribution in [0.3, 0.4) is 0 Å². The van der Waals surface area contributed by atoms with Crippen LogP contribution in [0.25, 0.3) is 0 Å². The van der Waals surface area contributed by atoms with Gasteiger partial charge in [-0.05, 0) is 44.5 Å². The Bertz CT molecular complexity index is 429. The minimum absolute atomic E-state index is 0.199. The Morgan fingerprint density at radius 2 is 2.26 bits per heavy atom. The smallest absolute Gasteiger partial charge is 0.124 e. The highest BCUT2D eigenvalue weighted by atomic mass is 35.5. The minimum atomic E-state index is 0.199. The number of rotatable bonds is 8. The Labute approximate surface area is 120 Å². The maximum atomic E-state index is 8.51. The second kappa shape index (κ2) is 8.79. The van der Waals surface area contributed by atoms with Crippen LogP contribution in [0.2, 0.25) is 5.02 Å². The van der Waals surface area contributed by atoms with Crippen LogP contribution in [0.1, 0.15) is 44.7 Å². The van der Waals surface area contributed by atoms with Gasteiger partial charge in [0.25, 0.3) is 0 Å². The van der Waals surface area contributed by atoms with Gasteiger partial charge in [0.15, 0.2) is 0 Å². The first kappa shape index (κ1) is 15.8. The summed E-state index contributed by atoms with van der Waals surface area (Å²) in [6, 6.07) is 7.98. The van der Waals surface area contributed by atoms with Gasteiger partial charge in [-0.3, -0.25) is 0 Å². The van der Waals surface area contributed by atoms with E-state index in [1.807, 2.05) is 18.2 Å².